The first-order valence-electron chi connectivity index (χ1n) is 5.43. The molecule has 1 aromatic rings. The highest BCUT2D eigenvalue weighted by Gasteiger charge is 2.23. The van der Waals surface area contributed by atoms with E-state index in [2.05, 4.69) is 9.82 Å². The molecular weight excluding hydrogens is 272 g/mol. The summed E-state index contributed by atoms with van der Waals surface area (Å²) in [6, 6.07) is 0. The summed E-state index contributed by atoms with van der Waals surface area (Å²) in [6.45, 7) is 5.39. The van der Waals surface area contributed by atoms with E-state index in [1.54, 1.807) is 4.68 Å². The van der Waals surface area contributed by atoms with Gasteiger partial charge in [0, 0.05) is 24.8 Å². The van der Waals surface area contributed by atoms with Crippen LogP contribution >= 0.6 is 12.2 Å². The van der Waals surface area contributed by atoms with Gasteiger partial charge >= 0.3 is 0 Å². The van der Waals surface area contributed by atoms with Crippen molar-refractivity contribution in [1.82, 2.24) is 14.5 Å². The lowest BCUT2D eigenvalue weighted by atomic mass is 10.2. The first kappa shape index (κ1) is 15.1. The third kappa shape index (κ3) is 3.06. The third-order valence-electron chi connectivity index (χ3n) is 2.98. The van der Waals surface area contributed by atoms with Crippen molar-refractivity contribution in [2.75, 3.05) is 0 Å². The average Bonchev–Trinajstić information content (AvgIpc) is 2.50. The number of hydrogen-bond acceptors (Lipinski definition) is 4. The molecule has 6 nitrogen and oxygen atoms in total. The fourth-order valence-electron chi connectivity index (χ4n) is 1.52. The van der Waals surface area contributed by atoms with Crippen molar-refractivity contribution < 1.29 is 8.42 Å². The van der Waals surface area contributed by atoms with Crippen molar-refractivity contribution in [3.05, 3.63) is 17.0 Å². The molecule has 0 spiro atoms. The van der Waals surface area contributed by atoms with Crippen LogP contribution in [0.15, 0.2) is 0 Å². The molecule has 8 heteroatoms. The molecule has 0 amide bonds. The Morgan fingerprint density at radius 3 is 2.50 bits per heavy atom. The molecular formula is C10H18N4O2S2. The number of aromatic nitrogens is 2. The molecule has 0 radical (unpaired) electrons. The predicted molar refractivity (Wildman–Crippen MR) is 74.7 cm³/mol. The molecule has 1 atom stereocenters. The van der Waals surface area contributed by atoms with Crippen LogP contribution in [0.1, 0.15) is 23.9 Å². The van der Waals surface area contributed by atoms with Crippen LogP contribution in [-0.4, -0.2) is 28.4 Å². The molecule has 102 valence electrons. The van der Waals surface area contributed by atoms with Gasteiger partial charge in [0.05, 0.1) is 10.7 Å². The monoisotopic (exact) mass is 290 g/mol. The highest BCUT2D eigenvalue weighted by atomic mass is 32.2. The summed E-state index contributed by atoms with van der Waals surface area (Å²) >= 11 is 4.70. The Morgan fingerprint density at radius 1 is 1.56 bits per heavy atom. The quantitative estimate of drug-likeness (QED) is 0.752. The van der Waals surface area contributed by atoms with Gasteiger partial charge in [0.25, 0.3) is 0 Å². The van der Waals surface area contributed by atoms with Gasteiger partial charge < -0.3 is 5.73 Å². The topological polar surface area (TPSA) is 90.0 Å². The maximum absolute atomic E-state index is 11.9. The minimum Gasteiger partial charge on any atom is -0.392 e. The van der Waals surface area contributed by atoms with Crippen LogP contribution in [0.2, 0.25) is 0 Å². The molecule has 0 fully saturated rings. The second kappa shape index (κ2) is 5.33. The third-order valence-corrected chi connectivity index (χ3v) is 5.21. The van der Waals surface area contributed by atoms with Crippen LogP contribution in [-0.2, 0) is 23.6 Å². The van der Waals surface area contributed by atoms with Gasteiger partial charge in [-0.05, 0) is 20.8 Å². The van der Waals surface area contributed by atoms with Gasteiger partial charge in [-0.1, -0.05) is 12.2 Å². The molecule has 1 heterocycles. The minimum absolute atomic E-state index is 0.0397. The minimum atomic E-state index is -3.54. The number of nitrogens with zero attached hydrogens (tertiary/aromatic N) is 2. The van der Waals surface area contributed by atoms with Crippen molar-refractivity contribution in [3.63, 3.8) is 0 Å². The number of nitrogens with one attached hydrogen (secondary N) is 1. The molecule has 0 bridgehead atoms. The smallest absolute Gasteiger partial charge is 0.221 e. The summed E-state index contributed by atoms with van der Waals surface area (Å²) in [4.78, 5) is -0.0397. The first-order valence-corrected chi connectivity index (χ1v) is 7.39. The number of nitrogens with two attached hydrogens (primary N) is 1. The summed E-state index contributed by atoms with van der Waals surface area (Å²) in [5.74, 6) is 0. The average molecular weight is 290 g/mol. The molecule has 1 unspecified atom stereocenters. The summed E-state index contributed by atoms with van der Waals surface area (Å²) < 4.78 is 28.0. The number of hydrogen-bond donors (Lipinski definition) is 2. The van der Waals surface area contributed by atoms with Crippen LogP contribution in [0.3, 0.4) is 0 Å². The van der Waals surface area contributed by atoms with Crippen LogP contribution in [0.5, 0.6) is 0 Å². The van der Waals surface area contributed by atoms with Crippen LogP contribution in [0, 0.1) is 13.8 Å². The Kier molecular flexibility index (Phi) is 4.46. The standard InChI is InChI=1S/C10H18N4O2S2/c1-6-9(7(2)14(4)13-6)5-12-18(15,16)8(3)10(11)17/h8,12H,5H2,1-4H3,(H2,11,17). The van der Waals surface area contributed by atoms with E-state index in [0.717, 1.165) is 17.0 Å². The molecule has 3 N–H and O–H groups in total. The number of rotatable bonds is 5. The molecule has 0 aliphatic heterocycles. The zero-order valence-electron chi connectivity index (χ0n) is 10.9. The fourth-order valence-corrected chi connectivity index (χ4v) is 2.81. The molecule has 18 heavy (non-hydrogen) atoms. The summed E-state index contributed by atoms with van der Waals surface area (Å²) in [7, 11) is -1.72. The summed E-state index contributed by atoms with van der Waals surface area (Å²) in [6.07, 6.45) is 0. The molecule has 0 saturated heterocycles. The molecule has 0 saturated carbocycles. The number of aryl methyl sites for hydroxylation is 2. The summed E-state index contributed by atoms with van der Waals surface area (Å²) in [5.41, 5.74) is 7.96. The van der Waals surface area contributed by atoms with Crippen molar-refractivity contribution in [2.45, 2.75) is 32.6 Å². The molecule has 0 aliphatic carbocycles. The van der Waals surface area contributed by atoms with Crippen molar-refractivity contribution in [3.8, 4) is 0 Å². The SMILES string of the molecule is Cc1nn(C)c(C)c1CNS(=O)(=O)C(C)C(N)=S. The van der Waals surface area contributed by atoms with E-state index in [-0.39, 0.29) is 11.5 Å². The first-order chi connectivity index (χ1) is 8.16. The number of sulfonamides is 1. The van der Waals surface area contributed by atoms with Crippen molar-refractivity contribution >= 4 is 27.2 Å². The highest BCUT2D eigenvalue weighted by molar-refractivity contribution is 7.93. The van der Waals surface area contributed by atoms with Gasteiger partial charge in [0.15, 0.2) is 0 Å². The zero-order valence-corrected chi connectivity index (χ0v) is 12.5. The van der Waals surface area contributed by atoms with Crippen LogP contribution in [0.4, 0.5) is 0 Å². The van der Waals surface area contributed by atoms with E-state index in [1.807, 2.05) is 20.9 Å². The van der Waals surface area contributed by atoms with E-state index in [1.165, 1.54) is 6.92 Å². The Labute approximate surface area is 113 Å². The summed E-state index contributed by atoms with van der Waals surface area (Å²) in [5, 5.41) is 3.34. The molecule has 0 aliphatic rings. The van der Waals surface area contributed by atoms with Gasteiger partial charge in [-0.25, -0.2) is 13.1 Å². The second-order valence-electron chi connectivity index (χ2n) is 4.18. The van der Waals surface area contributed by atoms with E-state index in [0.29, 0.717) is 0 Å². The Bertz CT molecular complexity index is 563. The molecule has 1 aromatic heterocycles. The van der Waals surface area contributed by atoms with E-state index in [4.69, 9.17) is 18.0 Å². The zero-order chi connectivity index (χ0) is 14.1. The van der Waals surface area contributed by atoms with Gasteiger partial charge in [-0.15, -0.1) is 0 Å². The van der Waals surface area contributed by atoms with Crippen LogP contribution < -0.4 is 10.5 Å². The van der Waals surface area contributed by atoms with E-state index in [9.17, 15) is 8.42 Å². The van der Waals surface area contributed by atoms with E-state index >= 15 is 0 Å². The maximum atomic E-state index is 11.9. The van der Waals surface area contributed by atoms with Crippen molar-refractivity contribution in [2.24, 2.45) is 12.8 Å². The Balaban J connectivity index is 2.86. The number of thiocarbonyl (C=S) groups is 1. The Morgan fingerprint density at radius 2 is 2.11 bits per heavy atom. The predicted octanol–water partition coefficient (Wildman–Crippen LogP) is 0.131. The lowest BCUT2D eigenvalue weighted by Gasteiger charge is -2.12. The van der Waals surface area contributed by atoms with Gasteiger partial charge in [-0.3, -0.25) is 4.68 Å². The maximum Gasteiger partial charge on any atom is 0.221 e. The van der Waals surface area contributed by atoms with Crippen LogP contribution in [0.25, 0.3) is 0 Å². The highest BCUT2D eigenvalue weighted by Crippen LogP contribution is 2.12. The molecule has 0 aromatic carbocycles. The molecule has 1 rings (SSSR count). The lowest BCUT2D eigenvalue weighted by Crippen LogP contribution is -2.39. The van der Waals surface area contributed by atoms with Crippen molar-refractivity contribution in [1.29, 1.82) is 0 Å². The van der Waals surface area contributed by atoms with E-state index < -0.39 is 15.3 Å². The fraction of sp³-hybridized carbons (Fsp3) is 0.600. The van der Waals surface area contributed by atoms with Gasteiger partial charge in [0.2, 0.25) is 10.0 Å². The largest absolute Gasteiger partial charge is 0.392 e. The van der Waals surface area contributed by atoms with Gasteiger partial charge in [0.1, 0.15) is 5.25 Å². The second-order valence-corrected chi connectivity index (χ2v) is 6.74. The lowest BCUT2D eigenvalue weighted by molar-refractivity contribution is 0.578. The normalized spacial score (nSPS) is 13.6. The van der Waals surface area contributed by atoms with Gasteiger partial charge in [-0.2, -0.15) is 5.10 Å². The Hall–Kier alpha value is -0.990.